The summed E-state index contributed by atoms with van der Waals surface area (Å²) in [4.78, 5) is 2.57. The van der Waals surface area contributed by atoms with Gasteiger partial charge in [0.05, 0.1) is 0 Å². The highest BCUT2D eigenvalue weighted by molar-refractivity contribution is 7.49. The third-order valence-corrected chi connectivity index (χ3v) is 8.52. The first-order chi connectivity index (χ1) is 15.2. The molecule has 178 valence electrons. The fourth-order valence-electron chi connectivity index (χ4n) is 4.83. The van der Waals surface area contributed by atoms with Gasteiger partial charge in [-0.05, 0) is 77.4 Å². The van der Waals surface area contributed by atoms with Gasteiger partial charge in [-0.3, -0.25) is 0 Å². The molecule has 0 fully saturated rings. The number of methoxy groups -OCH3 is 1. The summed E-state index contributed by atoms with van der Waals surface area (Å²) in [6, 6.07) is 14.3. The minimum atomic E-state index is 0.0321. The maximum atomic E-state index is 6.09. The molecule has 3 nitrogen and oxygen atoms in total. The van der Waals surface area contributed by atoms with Crippen LogP contribution in [0.15, 0.2) is 36.4 Å². The Morgan fingerprint density at radius 2 is 1.69 bits per heavy atom. The highest BCUT2D eigenvalue weighted by Gasteiger charge is 2.35. The van der Waals surface area contributed by atoms with Crippen molar-refractivity contribution in [3.05, 3.63) is 53.1 Å². The second-order valence-electron chi connectivity index (χ2n) is 9.42. The zero-order chi connectivity index (χ0) is 23.9. The van der Waals surface area contributed by atoms with E-state index in [1.54, 1.807) is 7.11 Å². The number of hydrogen-bond acceptors (Lipinski definition) is 3. The second kappa shape index (κ2) is 12.1. The number of hydrogen-bond donors (Lipinski definition) is 0. The van der Waals surface area contributed by atoms with Crippen LogP contribution in [0.4, 0.5) is 5.69 Å². The van der Waals surface area contributed by atoms with Crippen LogP contribution in [0.5, 0.6) is 5.75 Å². The van der Waals surface area contributed by atoms with Crippen LogP contribution in [0.1, 0.15) is 77.5 Å². The molecule has 0 amide bonds. The summed E-state index contributed by atoms with van der Waals surface area (Å²) in [5.41, 5.74) is 5.37. The standard InChI is InChI=1S/C28H44NO2P/c1-10-17-28(11-2,24-18-22(7)15-16-26(24)31-19-30-9)32-27-23(8)13-12-14-25(27)29(20(3)4)21(5)6/h12-16,18,20-21,32H,10-11,17,19H2,1-9H3. The van der Waals surface area contributed by atoms with Crippen molar-refractivity contribution >= 4 is 19.6 Å². The van der Waals surface area contributed by atoms with Gasteiger partial charge in [0.25, 0.3) is 0 Å². The Balaban J connectivity index is 2.69. The monoisotopic (exact) mass is 457 g/mol. The summed E-state index contributed by atoms with van der Waals surface area (Å²) in [6.45, 7) is 18.6. The van der Waals surface area contributed by atoms with Crippen molar-refractivity contribution in [1.29, 1.82) is 0 Å². The van der Waals surface area contributed by atoms with Gasteiger partial charge in [0.2, 0.25) is 0 Å². The van der Waals surface area contributed by atoms with Crippen LogP contribution < -0.4 is 14.9 Å². The summed E-state index contributed by atoms with van der Waals surface area (Å²) in [5.74, 6) is 0.958. The molecule has 0 saturated carbocycles. The largest absolute Gasteiger partial charge is 0.467 e. The summed E-state index contributed by atoms with van der Waals surface area (Å²) in [7, 11) is 2.34. The third kappa shape index (κ3) is 6.06. The van der Waals surface area contributed by atoms with E-state index in [1.807, 2.05) is 0 Å². The SMILES string of the molecule is CCCC(CC)(Pc1c(C)cccc1N(C(C)C)C(C)C)c1cc(C)ccc1OCOC. The van der Waals surface area contributed by atoms with Gasteiger partial charge < -0.3 is 14.4 Å². The molecule has 0 aromatic heterocycles. The van der Waals surface area contributed by atoms with Gasteiger partial charge in [-0.15, -0.1) is 0 Å². The summed E-state index contributed by atoms with van der Waals surface area (Å²) in [5, 5.41) is 1.52. The molecule has 0 bridgehead atoms. The maximum Gasteiger partial charge on any atom is 0.188 e. The molecule has 0 aliphatic heterocycles. The van der Waals surface area contributed by atoms with Gasteiger partial charge in [-0.25, -0.2) is 0 Å². The van der Waals surface area contributed by atoms with Crippen LogP contribution in [0, 0.1) is 13.8 Å². The van der Waals surface area contributed by atoms with E-state index in [-0.39, 0.29) is 11.9 Å². The highest BCUT2D eigenvalue weighted by atomic mass is 31.1. The molecule has 2 aromatic carbocycles. The molecular weight excluding hydrogens is 413 g/mol. The molecule has 2 atom stereocenters. The minimum absolute atomic E-state index is 0.0321. The fraction of sp³-hybridized carbons (Fsp3) is 0.571. The van der Waals surface area contributed by atoms with E-state index in [1.165, 1.54) is 27.7 Å². The number of nitrogens with zero attached hydrogens (tertiary/aromatic N) is 1. The van der Waals surface area contributed by atoms with Crippen molar-refractivity contribution in [1.82, 2.24) is 0 Å². The first-order valence-electron chi connectivity index (χ1n) is 12.1. The van der Waals surface area contributed by atoms with Gasteiger partial charge in [0.15, 0.2) is 6.79 Å². The van der Waals surface area contributed by atoms with Crippen molar-refractivity contribution in [3.63, 3.8) is 0 Å². The summed E-state index contributed by atoms with van der Waals surface area (Å²) >= 11 is 0. The molecular formula is C28H44NO2P. The lowest BCUT2D eigenvalue weighted by Crippen LogP contribution is -2.40. The number of benzene rings is 2. The number of ether oxygens (including phenoxy) is 2. The molecule has 2 aromatic rings. The van der Waals surface area contributed by atoms with E-state index >= 15 is 0 Å². The van der Waals surface area contributed by atoms with Crippen molar-refractivity contribution in [2.24, 2.45) is 0 Å². The molecule has 0 saturated heterocycles. The molecule has 0 heterocycles. The van der Waals surface area contributed by atoms with Crippen LogP contribution >= 0.6 is 8.58 Å². The second-order valence-corrected chi connectivity index (χ2v) is 11.1. The number of rotatable bonds is 12. The average Bonchev–Trinajstić information content (AvgIpc) is 2.74. The topological polar surface area (TPSA) is 21.7 Å². The molecule has 32 heavy (non-hydrogen) atoms. The van der Waals surface area contributed by atoms with Crippen LogP contribution in [-0.4, -0.2) is 26.0 Å². The Hall–Kier alpha value is -1.57. The molecule has 2 unspecified atom stereocenters. The molecule has 0 aliphatic rings. The van der Waals surface area contributed by atoms with Crippen molar-refractivity contribution in [2.45, 2.75) is 91.9 Å². The van der Waals surface area contributed by atoms with Crippen LogP contribution in [0.3, 0.4) is 0 Å². The molecule has 0 radical (unpaired) electrons. The van der Waals surface area contributed by atoms with Crippen molar-refractivity contribution < 1.29 is 9.47 Å². The zero-order valence-electron chi connectivity index (χ0n) is 21.7. The maximum absolute atomic E-state index is 6.09. The number of anilines is 1. The van der Waals surface area contributed by atoms with E-state index < -0.39 is 0 Å². The Bertz CT molecular complexity index is 857. The van der Waals surface area contributed by atoms with E-state index in [2.05, 4.69) is 96.7 Å². The predicted molar refractivity (Wildman–Crippen MR) is 142 cm³/mol. The Kier molecular flexibility index (Phi) is 10.0. The smallest absolute Gasteiger partial charge is 0.188 e. The van der Waals surface area contributed by atoms with Crippen LogP contribution in [-0.2, 0) is 9.89 Å². The lowest BCUT2D eigenvalue weighted by Gasteiger charge is -2.39. The lowest BCUT2D eigenvalue weighted by molar-refractivity contribution is 0.0499. The van der Waals surface area contributed by atoms with Crippen molar-refractivity contribution in [3.8, 4) is 5.75 Å². The van der Waals surface area contributed by atoms with Gasteiger partial charge in [-0.1, -0.05) is 58.7 Å². The molecule has 0 spiro atoms. The average molecular weight is 458 g/mol. The Morgan fingerprint density at radius 1 is 1.00 bits per heavy atom. The lowest BCUT2D eigenvalue weighted by atomic mass is 9.89. The van der Waals surface area contributed by atoms with Crippen LogP contribution in [0.25, 0.3) is 0 Å². The zero-order valence-corrected chi connectivity index (χ0v) is 22.7. The molecule has 2 rings (SSSR count). The first-order valence-corrected chi connectivity index (χ1v) is 13.1. The van der Waals surface area contributed by atoms with Crippen molar-refractivity contribution in [2.75, 3.05) is 18.8 Å². The summed E-state index contributed by atoms with van der Waals surface area (Å²) < 4.78 is 11.3. The van der Waals surface area contributed by atoms with E-state index in [9.17, 15) is 0 Å². The van der Waals surface area contributed by atoms with Gasteiger partial charge >= 0.3 is 0 Å². The summed E-state index contributed by atoms with van der Waals surface area (Å²) in [6.07, 6.45) is 3.34. The third-order valence-electron chi connectivity index (χ3n) is 6.27. The normalized spacial score (nSPS) is 13.8. The van der Waals surface area contributed by atoms with E-state index in [0.717, 1.165) is 25.0 Å². The van der Waals surface area contributed by atoms with Gasteiger partial charge in [-0.2, -0.15) is 0 Å². The quantitative estimate of drug-likeness (QED) is 0.246. The van der Waals surface area contributed by atoms with Gasteiger partial charge in [0, 0.05) is 35.6 Å². The molecule has 4 heteroatoms. The van der Waals surface area contributed by atoms with Crippen LogP contribution in [0.2, 0.25) is 0 Å². The molecule has 0 N–H and O–H groups in total. The fourth-order valence-corrected chi connectivity index (χ4v) is 6.82. The van der Waals surface area contributed by atoms with Gasteiger partial charge in [0.1, 0.15) is 5.75 Å². The highest BCUT2D eigenvalue weighted by Crippen LogP contribution is 2.52. The first kappa shape index (κ1) is 26.7. The Labute approximate surface area is 198 Å². The Morgan fingerprint density at radius 3 is 2.25 bits per heavy atom. The molecule has 0 aliphatic carbocycles. The van der Waals surface area contributed by atoms with E-state index in [4.69, 9.17) is 9.47 Å². The minimum Gasteiger partial charge on any atom is -0.467 e. The number of aryl methyl sites for hydroxylation is 2. The van der Waals surface area contributed by atoms with E-state index in [0.29, 0.717) is 20.7 Å². The predicted octanol–water partition coefficient (Wildman–Crippen LogP) is 7.32.